The molecule has 3 heterocycles. The first kappa shape index (κ1) is 20.3. The maximum atomic E-state index is 11.8. The van der Waals surface area contributed by atoms with Gasteiger partial charge in [0, 0.05) is 36.0 Å². The van der Waals surface area contributed by atoms with Crippen molar-refractivity contribution >= 4 is 22.6 Å². The van der Waals surface area contributed by atoms with E-state index < -0.39 is 0 Å². The Labute approximate surface area is 177 Å². The molecule has 0 aliphatic carbocycles. The third-order valence-electron chi connectivity index (χ3n) is 5.76. The van der Waals surface area contributed by atoms with Crippen LogP contribution in [0.4, 0.5) is 5.69 Å². The highest BCUT2D eigenvalue weighted by Gasteiger charge is 2.21. The molecule has 3 aromatic rings. The van der Waals surface area contributed by atoms with E-state index in [4.69, 9.17) is 9.97 Å². The van der Waals surface area contributed by atoms with Crippen molar-refractivity contribution in [2.45, 2.75) is 39.5 Å². The number of aryl methyl sites for hydroxylation is 2. The van der Waals surface area contributed by atoms with E-state index >= 15 is 0 Å². The fraction of sp³-hybridized carbons (Fsp3) is 0.375. The number of phenolic OH excluding ortho intramolecular Hbond substituents is 1. The maximum absolute atomic E-state index is 11.8. The first-order chi connectivity index (χ1) is 14.3. The average molecular weight is 405 g/mol. The highest BCUT2D eigenvalue weighted by molar-refractivity contribution is 6.00. The first-order valence-corrected chi connectivity index (χ1v) is 10.4. The lowest BCUT2D eigenvalue weighted by molar-refractivity contribution is -0.114. The molecule has 1 aliphatic rings. The number of nitrogens with zero attached hydrogens (tertiary/aromatic N) is 3. The van der Waals surface area contributed by atoms with Crippen LogP contribution in [0.15, 0.2) is 30.3 Å². The fourth-order valence-corrected chi connectivity index (χ4v) is 4.45. The monoisotopic (exact) mass is 404 g/mol. The summed E-state index contributed by atoms with van der Waals surface area (Å²) in [6, 6.07) is 9.61. The lowest BCUT2D eigenvalue weighted by Gasteiger charge is -2.29. The first-order valence-electron chi connectivity index (χ1n) is 10.4. The molecule has 1 saturated heterocycles. The van der Waals surface area contributed by atoms with Crippen molar-refractivity contribution in [3.63, 3.8) is 0 Å². The van der Waals surface area contributed by atoms with E-state index in [0.717, 1.165) is 48.1 Å². The molecule has 1 amide bonds. The van der Waals surface area contributed by atoms with E-state index in [1.807, 2.05) is 38.1 Å². The number of piperidine rings is 1. The minimum atomic E-state index is -0.156. The molecule has 0 saturated carbocycles. The predicted octanol–water partition coefficient (Wildman–Crippen LogP) is 4.39. The van der Waals surface area contributed by atoms with Crippen LogP contribution in [0.1, 0.15) is 42.5 Å². The molecule has 1 atom stereocenters. The molecule has 2 N–H and O–H groups in total. The second kappa shape index (κ2) is 8.03. The molecule has 30 heavy (non-hydrogen) atoms. The van der Waals surface area contributed by atoms with Crippen molar-refractivity contribution in [1.82, 2.24) is 14.9 Å². The molecule has 156 valence electrons. The number of carbonyl (C=O) groups is 1. The van der Waals surface area contributed by atoms with Crippen molar-refractivity contribution < 1.29 is 9.90 Å². The second-order valence-electron chi connectivity index (χ2n) is 8.42. The number of hydrogen-bond donors (Lipinski definition) is 2. The number of anilines is 1. The zero-order valence-corrected chi connectivity index (χ0v) is 18.0. The van der Waals surface area contributed by atoms with Gasteiger partial charge in [-0.05, 0) is 75.7 Å². The van der Waals surface area contributed by atoms with Crippen molar-refractivity contribution in [1.29, 1.82) is 0 Å². The topological polar surface area (TPSA) is 78.3 Å². The standard InChI is InChI=1S/C24H28N4O2/c1-14-10-15(2)23(22(30)11-14)21-12-20(25-16(3)29)18-7-8-19(26-24(18)27-21)17-6-5-9-28(4)13-17/h7-8,10-12,17,30H,5-6,9,13H2,1-4H3,(H,25,26,27,29). The molecule has 6 nitrogen and oxygen atoms in total. The van der Waals surface area contributed by atoms with Crippen LogP contribution >= 0.6 is 0 Å². The lowest BCUT2D eigenvalue weighted by atomic mass is 9.94. The number of phenols is 1. The van der Waals surface area contributed by atoms with Gasteiger partial charge in [-0.15, -0.1) is 0 Å². The number of carbonyl (C=O) groups excluding carboxylic acids is 1. The number of amides is 1. The molecule has 1 aliphatic heterocycles. The number of hydrogen-bond acceptors (Lipinski definition) is 5. The minimum absolute atomic E-state index is 0.156. The van der Waals surface area contributed by atoms with Gasteiger partial charge in [0.15, 0.2) is 5.65 Å². The van der Waals surface area contributed by atoms with Gasteiger partial charge in [0.25, 0.3) is 0 Å². The summed E-state index contributed by atoms with van der Waals surface area (Å²) >= 11 is 0. The van der Waals surface area contributed by atoms with Crippen LogP contribution in [-0.4, -0.2) is 46.0 Å². The number of likely N-dealkylation sites (N-methyl/N-ethyl adjacent to an activating group) is 1. The number of pyridine rings is 2. The van der Waals surface area contributed by atoms with Crippen LogP contribution in [0, 0.1) is 13.8 Å². The Balaban J connectivity index is 1.88. The summed E-state index contributed by atoms with van der Waals surface area (Å²) in [6.07, 6.45) is 2.26. The van der Waals surface area contributed by atoms with Crippen molar-refractivity contribution in [2.75, 3.05) is 25.5 Å². The van der Waals surface area contributed by atoms with Crippen molar-refractivity contribution in [2.24, 2.45) is 0 Å². The highest BCUT2D eigenvalue weighted by Crippen LogP contribution is 2.36. The molecule has 1 aromatic carbocycles. The van der Waals surface area contributed by atoms with Crippen LogP contribution in [-0.2, 0) is 4.79 Å². The van der Waals surface area contributed by atoms with Crippen LogP contribution in [0.5, 0.6) is 5.75 Å². The summed E-state index contributed by atoms with van der Waals surface area (Å²) < 4.78 is 0. The number of nitrogens with one attached hydrogen (secondary N) is 1. The molecule has 6 heteroatoms. The zero-order valence-electron chi connectivity index (χ0n) is 18.0. The number of aromatic nitrogens is 2. The van der Waals surface area contributed by atoms with Crippen molar-refractivity contribution in [3.05, 3.63) is 47.2 Å². The highest BCUT2D eigenvalue weighted by atomic mass is 16.3. The van der Waals surface area contributed by atoms with E-state index in [9.17, 15) is 9.90 Å². The van der Waals surface area contributed by atoms with Crippen LogP contribution in [0.3, 0.4) is 0 Å². The zero-order chi connectivity index (χ0) is 21.4. The average Bonchev–Trinajstić information content (AvgIpc) is 2.66. The third kappa shape index (κ3) is 4.00. The summed E-state index contributed by atoms with van der Waals surface area (Å²) in [6.45, 7) is 7.48. The molecule has 2 aromatic heterocycles. The Morgan fingerprint density at radius 3 is 2.70 bits per heavy atom. The third-order valence-corrected chi connectivity index (χ3v) is 5.76. The van der Waals surface area contributed by atoms with E-state index in [2.05, 4.69) is 17.3 Å². The van der Waals surface area contributed by atoms with E-state index in [0.29, 0.717) is 28.5 Å². The summed E-state index contributed by atoms with van der Waals surface area (Å²) in [4.78, 5) is 23.9. The smallest absolute Gasteiger partial charge is 0.221 e. The van der Waals surface area contributed by atoms with Crippen molar-refractivity contribution in [3.8, 4) is 17.0 Å². The van der Waals surface area contributed by atoms with Gasteiger partial charge in [0.05, 0.1) is 11.4 Å². The van der Waals surface area contributed by atoms with E-state index in [1.54, 1.807) is 6.07 Å². The van der Waals surface area contributed by atoms with Gasteiger partial charge in [-0.25, -0.2) is 9.97 Å². The molecule has 4 rings (SSSR count). The van der Waals surface area contributed by atoms with Gasteiger partial charge in [-0.1, -0.05) is 6.07 Å². The van der Waals surface area contributed by atoms with E-state index in [-0.39, 0.29) is 11.7 Å². The number of aromatic hydroxyl groups is 1. The van der Waals surface area contributed by atoms with Crippen LogP contribution in [0.2, 0.25) is 0 Å². The lowest BCUT2D eigenvalue weighted by Crippen LogP contribution is -2.31. The summed E-state index contributed by atoms with van der Waals surface area (Å²) in [5.41, 5.74) is 5.45. The number of likely N-dealkylation sites (tertiary alicyclic amines) is 1. The molecular weight excluding hydrogens is 376 g/mol. The fourth-order valence-electron chi connectivity index (χ4n) is 4.45. The summed E-state index contributed by atoms with van der Waals surface area (Å²) in [5.74, 6) is 0.395. The van der Waals surface area contributed by atoms with Gasteiger partial charge >= 0.3 is 0 Å². The Morgan fingerprint density at radius 1 is 1.20 bits per heavy atom. The maximum Gasteiger partial charge on any atom is 0.221 e. The van der Waals surface area contributed by atoms with E-state index in [1.165, 1.54) is 6.92 Å². The molecular formula is C24H28N4O2. The number of rotatable bonds is 3. The Morgan fingerprint density at radius 2 is 2.00 bits per heavy atom. The Kier molecular flexibility index (Phi) is 5.43. The molecule has 1 fully saturated rings. The normalized spacial score (nSPS) is 17.3. The SMILES string of the molecule is CC(=O)Nc1cc(-c2c(C)cc(C)cc2O)nc2nc(C3CCCN(C)C3)ccc12. The van der Waals surface area contributed by atoms with Gasteiger partial charge in [0.2, 0.25) is 5.91 Å². The summed E-state index contributed by atoms with van der Waals surface area (Å²) in [7, 11) is 2.14. The van der Waals surface area contributed by atoms with Crippen LogP contribution < -0.4 is 5.32 Å². The van der Waals surface area contributed by atoms with Gasteiger partial charge in [0.1, 0.15) is 5.75 Å². The molecule has 0 spiro atoms. The number of benzene rings is 1. The molecule has 0 bridgehead atoms. The largest absolute Gasteiger partial charge is 0.507 e. The minimum Gasteiger partial charge on any atom is -0.507 e. The Bertz CT molecular complexity index is 1100. The van der Waals surface area contributed by atoms with Gasteiger partial charge in [-0.3, -0.25) is 4.79 Å². The quantitative estimate of drug-likeness (QED) is 0.677. The number of fused-ring (bicyclic) bond motifs is 1. The van der Waals surface area contributed by atoms with Crippen LogP contribution in [0.25, 0.3) is 22.3 Å². The van der Waals surface area contributed by atoms with Gasteiger partial charge < -0.3 is 15.3 Å². The second-order valence-corrected chi connectivity index (χ2v) is 8.42. The van der Waals surface area contributed by atoms with Gasteiger partial charge in [-0.2, -0.15) is 0 Å². The predicted molar refractivity (Wildman–Crippen MR) is 120 cm³/mol. The Hall–Kier alpha value is -2.99. The molecule has 0 radical (unpaired) electrons. The summed E-state index contributed by atoms with van der Waals surface area (Å²) in [5, 5.41) is 14.3. The molecule has 1 unspecified atom stereocenters.